The highest BCUT2D eigenvalue weighted by Gasteiger charge is 2.14. The topological polar surface area (TPSA) is 24.4 Å². The Morgan fingerprint density at radius 2 is 2.08 bits per heavy atom. The summed E-state index contributed by atoms with van der Waals surface area (Å²) in [6.07, 6.45) is 0. The molecule has 0 aliphatic carbocycles. The van der Waals surface area contributed by atoms with Crippen LogP contribution in [0.3, 0.4) is 0 Å². The highest BCUT2D eigenvalue weighted by atomic mass is 15.3. The van der Waals surface area contributed by atoms with Gasteiger partial charge in [0.1, 0.15) is 0 Å². The maximum Gasteiger partial charge on any atom is 0.0667 e. The Hall–Kier alpha value is -1.31. The van der Waals surface area contributed by atoms with Crippen LogP contribution >= 0.6 is 0 Å². The molecule has 2 heteroatoms. The van der Waals surface area contributed by atoms with Gasteiger partial charge in [-0.1, -0.05) is 24.3 Å². The number of hydrogen-bond donors (Lipinski definition) is 1. The third-order valence-corrected chi connectivity index (χ3v) is 2.24. The van der Waals surface area contributed by atoms with Crippen LogP contribution in [0, 0.1) is 0 Å². The summed E-state index contributed by atoms with van der Waals surface area (Å²) >= 11 is 0. The van der Waals surface area contributed by atoms with Crippen LogP contribution in [0.4, 0.5) is 0 Å². The van der Waals surface area contributed by atoms with Gasteiger partial charge >= 0.3 is 0 Å². The molecule has 0 radical (unpaired) electrons. The standard InChI is InChI=1S/C10H12N2/c1-7-9-5-3-4-6-10(9)8(2)12-11-7/h3-7,11H,1-2H3. The molecule has 62 valence electrons. The predicted molar refractivity (Wildman–Crippen MR) is 50.2 cm³/mol. The summed E-state index contributed by atoms with van der Waals surface area (Å²) in [6.45, 7) is 4.15. The zero-order valence-electron chi connectivity index (χ0n) is 7.33. The van der Waals surface area contributed by atoms with Crippen molar-refractivity contribution in [3.05, 3.63) is 35.4 Å². The Bertz CT molecular complexity index is 328. The quantitative estimate of drug-likeness (QED) is 0.617. The van der Waals surface area contributed by atoms with E-state index in [0.717, 1.165) is 5.71 Å². The van der Waals surface area contributed by atoms with Crippen LogP contribution in [0.25, 0.3) is 0 Å². The number of hydrazone groups is 1. The number of hydrogen-bond acceptors (Lipinski definition) is 2. The third-order valence-electron chi connectivity index (χ3n) is 2.24. The summed E-state index contributed by atoms with van der Waals surface area (Å²) in [5.74, 6) is 0. The van der Waals surface area contributed by atoms with Crippen LogP contribution in [0.5, 0.6) is 0 Å². The van der Waals surface area contributed by atoms with E-state index in [0.29, 0.717) is 6.04 Å². The van der Waals surface area contributed by atoms with E-state index in [1.165, 1.54) is 11.1 Å². The lowest BCUT2D eigenvalue weighted by atomic mass is 9.98. The molecule has 1 aliphatic heterocycles. The van der Waals surface area contributed by atoms with E-state index in [4.69, 9.17) is 0 Å². The summed E-state index contributed by atoms with van der Waals surface area (Å²) in [7, 11) is 0. The Kier molecular flexibility index (Phi) is 1.61. The molecule has 0 bridgehead atoms. The highest BCUT2D eigenvalue weighted by Crippen LogP contribution is 2.21. The smallest absolute Gasteiger partial charge is 0.0667 e. The average Bonchev–Trinajstić information content (AvgIpc) is 2.12. The molecule has 0 fully saturated rings. The molecule has 1 N–H and O–H groups in total. The van der Waals surface area contributed by atoms with Crippen LogP contribution in [-0.4, -0.2) is 5.71 Å². The zero-order chi connectivity index (χ0) is 8.55. The molecule has 1 unspecified atom stereocenters. The van der Waals surface area contributed by atoms with Crippen molar-refractivity contribution in [2.45, 2.75) is 19.9 Å². The maximum atomic E-state index is 4.22. The lowest BCUT2D eigenvalue weighted by molar-refractivity contribution is 0.593. The van der Waals surface area contributed by atoms with Crippen LogP contribution in [-0.2, 0) is 0 Å². The molecule has 1 aliphatic rings. The van der Waals surface area contributed by atoms with Gasteiger partial charge in [0.25, 0.3) is 0 Å². The molecule has 0 spiro atoms. The largest absolute Gasteiger partial charge is 0.303 e. The molecule has 1 heterocycles. The minimum absolute atomic E-state index is 0.338. The predicted octanol–water partition coefficient (Wildman–Crippen LogP) is 2.07. The van der Waals surface area contributed by atoms with Crippen molar-refractivity contribution in [3.63, 3.8) is 0 Å². The molecule has 1 atom stereocenters. The van der Waals surface area contributed by atoms with E-state index in [9.17, 15) is 0 Å². The van der Waals surface area contributed by atoms with Crippen LogP contribution in [0.15, 0.2) is 29.4 Å². The molecule has 0 aromatic heterocycles. The van der Waals surface area contributed by atoms with E-state index in [1.54, 1.807) is 0 Å². The Morgan fingerprint density at radius 3 is 2.83 bits per heavy atom. The molecular formula is C10H12N2. The van der Waals surface area contributed by atoms with E-state index in [-0.39, 0.29) is 0 Å². The lowest BCUT2D eigenvalue weighted by Crippen LogP contribution is -2.22. The minimum atomic E-state index is 0.338. The van der Waals surface area contributed by atoms with Crippen LogP contribution in [0.2, 0.25) is 0 Å². The first kappa shape index (κ1) is 7.35. The third kappa shape index (κ3) is 0.998. The average molecular weight is 160 g/mol. The second-order valence-corrected chi connectivity index (χ2v) is 3.14. The minimum Gasteiger partial charge on any atom is -0.303 e. The van der Waals surface area contributed by atoms with Gasteiger partial charge in [-0.25, -0.2) is 0 Å². The van der Waals surface area contributed by atoms with Gasteiger partial charge in [-0.3, -0.25) is 0 Å². The van der Waals surface area contributed by atoms with Crippen molar-refractivity contribution in [1.29, 1.82) is 0 Å². The van der Waals surface area contributed by atoms with Crippen LogP contribution < -0.4 is 5.43 Å². The first-order chi connectivity index (χ1) is 5.79. The monoisotopic (exact) mass is 160 g/mol. The molecule has 0 amide bonds. The van der Waals surface area contributed by atoms with E-state index in [1.807, 2.05) is 6.92 Å². The van der Waals surface area contributed by atoms with Gasteiger partial charge in [0, 0.05) is 5.56 Å². The van der Waals surface area contributed by atoms with Gasteiger partial charge < -0.3 is 5.43 Å². The van der Waals surface area contributed by atoms with Crippen molar-refractivity contribution in [1.82, 2.24) is 5.43 Å². The number of nitrogens with zero attached hydrogens (tertiary/aromatic N) is 1. The van der Waals surface area contributed by atoms with Gasteiger partial charge in [0.15, 0.2) is 0 Å². The Labute approximate surface area is 72.3 Å². The van der Waals surface area contributed by atoms with Crippen molar-refractivity contribution < 1.29 is 0 Å². The molecule has 0 saturated heterocycles. The fourth-order valence-electron chi connectivity index (χ4n) is 1.53. The van der Waals surface area contributed by atoms with Gasteiger partial charge in [-0.2, -0.15) is 5.10 Å². The van der Waals surface area contributed by atoms with E-state index in [2.05, 4.69) is 41.7 Å². The van der Waals surface area contributed by atoms with Gasteiger partial charge in [-0.05, 0) is 19.4 Å². The first-order valence-corrected chi connectivity index (χ1v) is 4.18. The van der Waals surface area contributed by atoms with E-state index < -0.39 is 0 Å². The maximum absolute atomic E-state index is 4.22. The van der Waals surface area contributed by atoms with E-state index >= 15 is 0 Å². The summed E-state index contributed by atoms with van der Waals surface area (Å²) in [4.78, 5) is 0. The van der Waals surface area contributed by atoms with Crippen molar-refractivity contribution >= 4 is 5.71 Å². The Morgan fingerprint density at radius 1 is 1.33 bits per heavy atom. The zero-order valence-corrected chi connectivity index (χ0v) is 7.33. The molecule has 2 nitrogen and oxygen atoms in total. The molecular weight excluding hydrogens is 148 g/mol. The summed E-state index contributed by atoms with van der Waals surface area (Å²) < 4.78 is 0. The molecule has 12 heavy (non-hydrogen) atoms. The molecule has 1 aromatic carbocycles. The normalized spacial score (nSPS) is 20.8. The van der Waals surface area contributed by atoms with Gasteiger partial charge in [-0.15, -0.1) is 0 Å². The van der Waals surface area contributed by atoms with Gasteiger partial charge in [0.05, 0.1) is 11.8 Å². The number of nitrogens with one attached hydrogen (secondary N) is 1. The fourth-order valence-corrected chi connectivity index (χ4v) is 1.53. The summed E-state index contributed by atoms with van der Waals surface area (Å²) in [6, 6.07) is 8.72. The van der Waals surface area contributed by atoms with Crippen molar-refractivity contribution in [3.8, 4) is 0 Å². The van der Waals surface area contributed by atoms with Crippen molar-refractivity contribution in [2.75, 3.05) is 0 Å². The van der Waals surface area contributed by atoms with Crippen LogP contribution in [0.1, 0.15) is 31.0 Å². The summed E-state index contributed by atoms with van der Waals surface area (Å²) in [5.41, 5.74) is 6.75. The lowest BCUT2D eigenvalue weighted by Gasteiger charge is -2.21. The molecule has 0 saturated carbocycles. The second kappa shape index (κ2) is 2.63. The molecule has 1 aromatic rings. The SMILES string of the molecule is CC1=NNC(C)c2ccccc21. The second-order valence-electron chi connectivity index (χ2n) is 3.14. The first-order valence-electron chi connectivity index (χ1n) is 4.18. The van der Waals surface area contributed by atoms with Crippen molar-refractivity contribution in [2.24, 2.45) is 5.10 Å². The number of rotatable bonds is 0. The Balaban J connectivity index is 2.58. The number of benzene rings is 1. The fraction of sp³-hybridized carbons (Fsp3) is 0.300. The molecule has 2 rings (SSSR count). The highest BCUT2D eigenvalue weighted by molar-refractivity contribution is 6.00. The number of fused-ring (bicyclic) bond motifs is 1. The van der Waals surface area contributed by atoms with Gasteiger partial charge in [0.2, 0.25) is 0 Å². The summed E-state index contributed by atoms with van der Waals surface area (Å²) in [5, 5.41) is 4.22.